The molecule has 0 aliphatic rings. The van der Waals surface area contributed by atoms with Gasteiger partial charge in [-0.2, -0.15) is 0 Å². The van der Waals surface area contributed by atoms with Crippen LogP contribution in [0.2, 0.25) is 0 Å². The minimum absolute atomic E-state index is 0.0185. The van der Waals surface area contributed by atoms with Gasteiger partial charge in [-0.05, 0) is 33.4 Å². The molecule has 4 nitrogen and oxygen atoms in total. The van der Waals surface area contributed by atoms with Crippen molar-refractivity contribution in [1.82, 2.24) is 9.62 Å². The maximum atomic E-state index is 11.4. The molecule has 0 bridgehead atoms. The summed E-state index contributed by atoms with van der Waals surface area (Å²) in [5.74, 6) is 0.643. The highest BCUT2D eigenvalue weighted by atomic mass is 32.2. The van der Waals surface area contributed by atoms with E-state index in [0.717, 1.165) is 13.0 Å². The van der Waals surface area contributed by atoms with Crippen LogP contribution in [0.25, 0.3) is 0 Å². The first-order valence-electron chi connectivity index (χ1n) is 5.41. The van der Waals surface area contributed by atoms with Gasteiger partial charge in [0.2, 0.25) is 10.0 Å². The van der Waals surface area contributed by atoms with Gasteiger partial charge in [0.1, 0.15) is 0 Å². The van der Waals surface area contributed by atoms with Crippen LogP contribution in [0.5, 0.6) is 0 Å². The topological polar surface area (TPSA) is 49.4 Å². The first-order chi connectivity index (χ1) is 6.76. The molecule has 0 aliphatic carbocycles. The summed E-state index contributed by atoms with van der Waals surface area (Å²) in [4.78, 5) is 2.01. The third kappa shape index (κ3) is 7.76. The van der Waals surface area contributed by atoms with E-state index in [1.54, 1.807) is 6.92 Å². The molecule has 0 spiro atoms. The van der Waals surface area contributed by atoms with Gasteiger partial charge in [-0.1, -0.05) is 13.8 Å². The van der Waals surface area contributed by atoms with Gasteiger partial charge in [0.15, 0.2) is 0 Å². The summed E-state index contributed by atoms with van der Waals surface area (Å²) >= 11 is 0. The molecule has 0 aliphatic heterocycles. The lowest BCUT2D eigenvalue weighted by atomic mass is 10.0. The summed E-state index contributed by atoms with van der Waals surface area (Å²) < 4.78 is 25.6. The Balaban J connectivity index is 4.37. The van der Waals surface area contributed by atoms with Gasteiger partial charge in [-0.3, -0.25) is 0 Å². The molecule has 1 N–H and O–H groups in total. The zero-order chi connectivity index (χ0) is 12.1. The van der Waals surface area contributed by atoms with Crippen molar-refractivity contribution < 1.29 is 8.42 Å². The molecule has 0 radical (unpaired) electrons. The van der Waals surface area contributed by atoms with E-state index in [4.69, 9.17) is 0 Å². The zero-order valence-corrected chi connectivity index (χ0v) is 11.3. The number of nitrogens with zero attached hydrogens (tertiary/aromatic N) is 1. The molecule has 1 atom stereocenters. The molecule has 0 saturated heterocycles. The van der Waals surface area contributed by atoms with E-state index in [1.165, 1.54) is 0 Å². The SMILES string of the molecule is CCS(=O)(=O)NC(CC(C)C)CN(C)C. The van der Waals surface area contributed by atoms with Crippen LogP contribution in [-0.4, -0.2) is 45.8 Å². The van der Waals surface area contributed by atoms with Gasteiger partial charge in [0.05, 0.1) is 5.75 Å². The highest BCUT2D eigenvalue weighted by Gasteiger charge is 2.17. The molecule has 0 rings (SSSR count). The molecule has 0 aromatic heterocycles. The molecule has 0 aromatic carbocycles. The Labute approximate surface area is 94.1 Å². The summed E-state index contributed by atoms with van der Waals surface area (Å²) in [6.07, 6.45) is 0.872. The van der Waals surface area contributed by atoms with Crippen molar-refractivity contribution in [2.75, 3.05) is 26.4 Å². The second kappa shape index (κ2) is 6.45. The Morgan fingerprint density at radius 2 is 1.80 bits per heavy atom. The fourth-order valence-electron chi connectivity index (χ4n) is 1.51. The van der Waals surface area contributed by atoms with E-state index in [1.807, 2.05) is 19.0 Å². The number of likely N-dealkylation sites (N-methyl/N-ethyl adjacent to an activating group) is 1. The van der Waals surface area contributed by atoms with Gasteiger partial charge in [-0.25, -0.2) is 13.1 Å². The molecule has 5 heteroatoms. The summed E-state index contributed by atoms with van der Waals surface area (Å²) in [6, 6.07) is 0.0185. The van der Waals surface area contributed by atoms with Crippen molar-refractivity contribution in [2.45, 2.75) is 33.2 Å². The van der Waals surface area contributed by atoms with Crippen molar-refractivity contribution in [3.63, 3.8) is 0 Å². The molecule has 0 saturated carbocycles. The summed E-state index contributed by atoms with van der Waals surface area (Å²) in [5, 5.41) is 0. The molecular weight excluding hydrogens is 212 g/mol. The molecule has 0 heterocycles. The molecule has 0 fully saturated rings. The maximum Gasteiger partial charge on any atom is 0.211 e. The second-order valence-electron chi connectivity index (χ2n) is 4.61. The van der Waals surface area contributed by atoms with Crippen molar-refractivity contribution in [3.05, 3.63) is 0 Å². The van der Waals surface area contributed by atoms with Gasteiger partial charge < -0.3 is 4.90 Å². The third-order valence-corrected chi connectivity index (χ3v) is 3.52. The van der Waals surface area contributed by atoms with Crippen molar-refractivity contribution >= 4 is 10.0 Å². The number of hydrogen-bond donors (Lipinski definition) is 1. The summed E-state index contributed by atoms with van der Waals surface area (Å²) in [5.41, 5.74) is 0. The van der Waals surface area contributed by atoms with Crippen molar-refractivity contribution in [1.29, 1.82) is 0 Å². The predicted octanol–water partition coefficient (Wildman–Crippen LogP) is 0.902. The lowest BCUT2D eigenvalue weighted by Crippen LogP contribution is -2.43. The van der Waals surface area contributed by atoms with E-state index in [-0.39, 0.29) is 11.8 Å². The second-order valence-corrected chi connectivity index (χ2v) is 6.65. The number of nitrogens with one attached hydrogen (secondary N) is 1. The summed E-state index contributed by atoms with van der Waals surface area (Å²) in [6.45, 7) is 6.60. The number of hydrogen-bond acceptors (Lipinski definition) is 3. The third-order valence-electron chi connectivity index (χ3n) is 2.07. The van der Waals surface area contributed by atoms with E-state index >= 15 is 0 Å². The fourth-order valence-corrected chi connectivity index (χ4v) is 2.35. The van der Waals surface area contributed by atoms with Crippen LogP contribution in [0.3, 0.4) is 0 Å². The average Bonchev–Trinajstić information content (AvgIpc) is 2.00. The van der Waals surface area contributed by atoms with E-state index in [0.29, 0.717) is 5.92 Å². The van der Waals surface area contributed by atoms with Gasteiger partial charge in [-0.15, -0.1) is 0 Å². The quantitative estimate of drug-likeness (QED) is 0.714. The van der Waals surface area contributed by atoms with Crippen LogP contribution in [-0.2, 0) is 10.0 Å². The molecule has 0 aromatic rings. The minimum atomic E-state index is -3.09. The molecule has 0 amide bonds. The van der Waals surface area contributed by atoms with Crippen LogP contribution in [0.15, 0.2) is 0 Å². The van der Waals surface area contributed by atoms with Gasteiger partial charge in [0.25, 0.3) is 0 Å². The van der Waals surface area contributed by atoms with Crippen LogP contribution in [0, 0.1) is 5.92 Å². The predicted molar refractivity (Wildman–Crippen MR) is 64.4 cm³/mol. The van der Waals surface area contributed by atoms with Crippen LogP contribution >= 0.6 is 0 Å². The lowest BCUT2D eigenvalue weighted by Gasteiger charge is -2.23. The smallest absolute Gasteiger partial charge is 0.211 e. The van der Waals surface area contributed by atoms with E-state index < -0.39 is 10.0 Å². The van der Waals surface area contributed by atoms with Gasteiger partial charge in [0, 0.05) is 12.6 Å². The fraction of sp³-hybridized carbons (Fsp3) is 1.00. The van der Waals surface area contributed by atoms with E-state index in [9.17, 15) is 8.42 Å². The number of rotatable bonds is 7. The Morgan fingerprint density at radius 3 is 2.13 bits per heavy atom. The first kappa shape index (κ1) is 14.9. The highest BCUT2D eigenvalue weighted by Crippen LogP contribution is 2.06. The van der Waals surface area contributed by atoms with E-state index in [2.05, 4.69) is 18.6 Å². The normalized spacial score (nSPS) is 14.9. The number of sulfonamides is 1. The van der Waals surface area contributed by atoms with Crippen molar-refractivity contribution in [3.8, 4) is 0 Å². The van der Waals surface area contributed by atoms with Crippen LogP contribution < -0.4 is 4.72 Å². The monoisotopic (exact) mass is 236 g/mol. The molecular formula is C10H24N2O2S. The standard InChI is InChI=1S/C10H24N2O2S/c1-6-15(13,14)11-10(7-9(2)3)8-12(4)5/h9-11H,6-8H2,1-5H3. The molecule has 15 heavy (non-hydrogen) atoms. The van der Waals surface area contributed by atoms with Gasteiger partial charge >= 0.3 is 0 Å². The lowest BCUT2D eigenvalue weighted by molar-refractivity contribution is 0.329. The zero-order valence-electron chi connectivity index (χ0n) is 10.4. The largest absolute Gasteiger partial charge is 0.308 e. The molecule has 92 valence electrons. The van der Waals surface area contributed by atoms with Crippen LogP contribution in [0.1, 0.15) is 27.2 Å². The Hall–Kier alpha value is -0.130. The Bertz CT molecular complexity index is 251. The Kier molecular flexibility index (Phi) is 6.40. The molecule has 1 unspecified atom stereocenters. The summed E-state index contributed by atoms with van der Waals surface area (Å²) in [7, 11) is 0.817. The average molecular weight is 236 g/mol. The van der Waals surface area contributed by atoms with Crippen molar-refractivity contribution in [2.24, 2.45) is 5.92 Å². The Morgan fingerprint density at radius 1 is 1.27 bits per heavy atom. The minimum Gasteiger partial charge on any atom is -0.308 e. The van der Waals surface area contributed by atoms with Crippen LogP contribution in [0.4, 0.5) is 0 Å². The highest BCUT2D eigenvalue weighted by molar-refractivity contribution is 7.89. The maximum absolute atomic E-state index is 11.4. The first-order valence-corrected chi connectivity index (χ1v) is 7.06.